The zero-order valence-corrected chi connectivity index (χ0v) is 18.3. The lowest BCUT2D eigenvalue weighted by molar-refractivity contribution is 0.218. The maximum Gasteiger partial charge on any atom is 0.226 e. The van der Waals surface area contributed by atoms with E-state index in [1.807, 2.05) is 30.3 Å². The molecule has 4 aromatic rings. The van der Waals surface area contributed by atoms with Crippen molar-refractivity contribution in [2.75, 3.05) is 12.4 Å². The molecular formula is C25H18ClFN4O2. The van der Waals surface area contributed by atoms with Crippen LogP contribution in [-0.4, -0.2) is 21.9 Å². The summed E-state index contributed by atoms with van der Waals surface area (Å²) in [6.45, 7) is 0. The fourth-order valence-electron chi connectivity index (χ4n) is 4.49. The molecule has 0 bridgehead atoms. The fraction of sp³-hybridized carbons (Fsp3) is 0.120. The van der Waals surface area contributed by atoms with Gasteiger partial charge in [-0.25, -0.2) is 9.07 Å². The van der Waals surface area contributed by atoms with Crippen LogP contribution in [0.4, 0.5) is 10.3 Å². The predicted molar refractivity (Wildman–Crippen MR) is 123 cm³/mol. The highest BCUT2D eigenvalue weighted by Gasteiger charge is 2.41. The Morgan fingerprint density at radius 1 is 1.09 bits per heavy atom. The molecule has 0 aliphatic carbocycles. The molecule has 164 valence electrons. The van der Waals surface area contributed by atoms with Crippen molar-refractivity contribution in [3.05, 3.63) is 106 Å². The largest absolute Gasteiger partial charge is 0.497 e. The molecule has 3 aromatic carbocycles. The number of rotatable bonds is 3. The van der Waals surface area contributed by atoms with E-state index < -0.39 is 6.10 Å². The van der Waals surface area contributed by atoms with Crippen molar-refractivity contribution >= 4 is 23.2 Å². The van der Waals surface area contributed by atoms with Crippen LogP contribution in [-0.2, 0) is 0 Å². The van der Waals surface area contributed by atoms with Gasteiger partial charge < -0.3 is 14.8 Å². The Labute approximate surface area is 194 Å². The highest BCUT2D eigenvalue weighted by molar-refractivity contribution is 6.30. The van der Waals surface area contributed by atoms with Crippen LogP contribution < -0.4 is 14.8 Å². The lowest BCUT2D eigenvalue weighted by atomic mass is 9.84. The standard InChI is InChI=1S/C25H18ClFN4O2/c1-32-16-9-6-14(7-10-16)23-21-22(30-25-28-13-29-31(23)25)18-12-15(26)8-11-20(18)33-24(21)17-4-2-3-5-19(17)27/h2-13,23-24H,1H3,(H,28,29,30)/t23-,24-/m0/s1. The highest BCUT2D eigenvalue weighted by atomic mass is 35.5. The van der Waals surface area contributed by atoms with Crippen LogP contribution in [0.5, 0.6) is 11.5 Å². The Kier molecular flexibility index (Phi) is 4.58. The number of ether oxygens (including phenoxy) is 2. The van der Waals surface area contributed by atoms with Gasteiger partial charge in [0.15, 0.2) is 6.10 Å². The molecule has 33 heavy (non-hydrogen) atoms. The lowest BCUT2D eigenvalue weighted by Crippen LogP contribution is -2.32. The summed E-state index contributed by atoms with van der Waals surface area (Å²) in [4.78, 5) is 4.40. The summed E-state index contributed by atoms with van der Waals surface area (Å²) in [5.41, 5.74) is 3.77. The van der Waals surface area contributed by atoms with Crippen molar-refractivity contribution in [1.82, 2.24) is 14.8 Å². The van der Waals surface area contributed by atoms with Crippen molar-refractivity contribution < 1.29 is 13.9 Å². The number of fused-ring (bicyclic) bond motifs is 3. The van der Waals surface area contributed by atoms with Crippen molar-refractivity contribution in [2.24, 2.45) is 0 Å². The van der Waals surface area contributed by atoms with E-state index in [1.54, 1.807) is 42.1 Å². The molecule has 0 spiro atoms. The van der Waals surface area contributed by atoms with Gasteiger partial charge in [-0.15, -0.1) is 0 Å². The van der Waals surface area contributed by atoms with Gasteiger partial charge in [-0.05, 0) is 42.0 Å². The molecule has 2 aliphatic heterocycles. The number of nitrogens with zero attached hydrogens (tertiary/aromatic N) is 3. The number of nitrogens with one attached hydrogen (secondary N) is 1. The van der Waals surface area contributed by atoms with Crippen molar-refractivity contribution in [3.63, 3.8) is 0 Å². The van der Waals surface area contributed by atoms with Crippen molar-refractivity contribution in [2.45, 2.75) is 12.1 Å². The van der Waals surface area contributed by atoms with E-state index in [-0.39, 0.29) is 11.9 Å². The monoisotopic (exact) mass is 460 g/mol. The Morgan fingerprint density at radius 3 is 2.70 bits per heavy atom. The molecule has 0 amide bonds. The van der Waals surface area contributed by atoms with Crippen LogP contribution in [0.2, 0.25) is 5.02 Å². The molecule has 2 atom stereocenters. The average molecular weight is 461 g/mol. The second-order valence-corrected chi connectivity index (χ2v) is 8.26. The van der Waals surface area contributed by atoms with Crippen molar-refractivity contribution in [3.8, 4) is 11.5 Å². The maximum atomic E-state index is 15.0. The first kappa shape index (κ1) is 19.8. The Bertz CT molecular complexity index is 1400. The van der Waals surface area contributed by atoms with Gasteiger partial charge in [0.2, 0.25) is 5.95 Å². The topological polar surface area (TPSA) is 61.2 Å². The van der Waals surface area contributed by atoms with E-state index in [1.165, 1.54) is 12.4 Å². The molecular weight excluding hydrogens is 443 g/mol. The molecule has 0 unspecified atom stereocenters. The molecule has 0 radical (unpaired) electrons. The summed E-state index contributed by atoms with van der Waals surface area (Å²) in [7, 11) is 1.62. The second-order valence-electron chi connectivity index (χ2n) is 7.82. The SMILES string of the molecule is COc1ccc([C@H]2C3=C(Nc4ncnn42)c2cc(Cl)ccc2O[C@H]3c2ccccc2F)cc1. The quantitative estimate of drug-likeness (QED) is 0.428. The third-order valence-corrected chi connectivity index (χ3v) is 6.23. The van der Waals surface area contributed by atoms with E-state index in [4.69, 9.17) is 21.1 Å². The van der Waals surface area contributed by atoms with Gasteiger partial charge in [-0.1, -0.05) is 41.9 Å². The van der Waals surface area contributed by atoms with Gasteiger partial charge in [0, 0.05) is 21.7 Å². The summed E-state index contributed by atoms with van der Waals surface area (Å²) < 4.78 is 28.6. The zero-order chi connectivity index (χ0) is 22.5. The van der Waals surface area contributed by atoms with E-state index in [0.717, 1.165) is 28.1 Å². The van der Waals surface area contributed by atoms with Gasteiger partial charge in [-0.3, -0.25) is 0 Å². The Morgan fingerprint density at radius 2 is 1.91 bits per heavy atom. The molecule has 1 aromatic heterocycles. The molecule has 8 heteroatoms. The number of methoxy groups -OCH3 is 1. The second kappa shape index (κ2) is 7.64. The van der Waals surface area contributed by atoms with Gasteiger partial charge in [-0.2, -0.15) is 10.1 Å². The normalized spacial score (nSPS) is 18.5. The molecule has 3 heterocycles. The van der Waals surface area contributed by atoms with Crippen LogP contribution in [0, 0.1) is 5.82 Å². The molecule has 0 saturated heterocycles. The van der Waals surface area contributed by atoms with Crippen LogP contribution in [0.3, 0.4) is 0 Å². The van der Waals surface area contributed by atoms with Crippen LogP contribution in [0.1, 0.15) is 28.8 Å². The molecule has 2 aliphatic rings. The smallest absolute Gasteiger partial charge is 0.226 e. The van der Waals surface area contributed by atoms with E-state index in [0.29, 0.717) is 22.3 Å². The maximum absolute atomic E-state index is 15.0. The average Bonchev–Trinajstić information content (AvgIpc) is 3.31. The number of anilines is 1. The van der Waals surface area contributed by atoms with Gasteiger partial charge in [0.1, 0.15) is 29.7 Å². The van der Waals surface area contributed by atoms with E-state index in [2.05, 4.69) is 15.4 Å². The van der Waals surface area contributed by atoms with Gasteiger partial charge in [0.05, 0.1) is 12.8 Å². The van der Waals surface area contributed by atoms with Gasteiger partial charge in [0.25, 0.3) is 0 Å². The summed E-state index contributed by atoms with van der Waals surface area (Å²) >= 11 is 6.34. The summed E-state index contributed by atoms with van der Waals surface area (Å²) in [5.74, 6) is 1.59. The third-order valence-electron chi connectivity index (χ3n) is 6.00. The first-order valence-electron chi connectivity index (χ1n) is 10.4. The Hall–Kier alpha value is -3.84. The summed E-state index contributed by atoms with van der Waals surface area (Å²) in [6.07, 6.45) is 0.807. The minimum atomic E-state index is -0.688. The molecule has 0 fully saturated rings. The minimum absolute atomic E-state index is 0.343. The molecule has 0 saturated carbocycles. The number of aromatic nitrogens is 3. The molecule has 1 N–H and O–H groups in total. The molecule has 6 nitrogen and oxygen atoms in total. The number of halogens is 2. The summed E-state index contributed by atoms with van der Waals surface area (Å²) in [6, 6.07) is 19.4. The Balaban J connectivity index is 1.63. The van der Waals surface area contributed by atoms with Crippen molar-refractivity contribution in [1.29, 1.82) is 0 Å². The van der Waals surface area contributed by atoms with E-state index in [9.17, 15) is 0 Å². The number of benzene rings is 3. The number of hydrogen-bond acceptors (Lipinski definition) is 5. The third kappa shape index (κ3) is 3.15. The van der Waals surface area contributed by atoms with Gasteiger partial charge >= 0.3 is 0 Å². The fourth-order valence-corrected chi connectivity index (χ4v) is 4.67. The van der Waals surface area contributed by atoms with E-state index >= 15 is 4.39 Å². The first-order valence-corrected chi connectivity index (χ1v) is 10.8. The summed E-state index contributed by atoms with van der Waals surface area (Å²) in [5, 5.41) is 8.43. The lowest BCUT2D eigenvalue weighted by Gasteiger charge is -2.39. The highest BCUT2D eigenvalue weighted by Crippen LogP contribution is 2.51. The number of hydrogen-bond donors (Lipinski definition) is 1. The first-order chi connectivity index (χ1) is 16.1. The predicted octanol–water partition coefficient (Wildman–Crippen LogP) is 5.64. The van der Waals surface area contributed by atoms with Crippen LogP contribution in [0.25, 0.3) is 5.70 Å². The minimum Gasteiger partial charge on any atom is -0.497 e. The zero-order valence-electron chi connectivity index (χ0n) is 17.5. The molecule has 6 rings (SSSR count). The van der Waals surface area contributed by atoms with Crippen LogP contribution >= 0.6 is 11.6 Å². The van der Waals surface area contributed by atoms with Crippen LogP contribution in [0.15, 0.2) is 78.6 Å².